The molecule has 0 radical (unpaired) electrons. The Morgan fingerprint density at radius 3 is 2.58 bits per heavy atom. The van der Waals surface area contributed by atoms with Crippen molar-refractivity contribution in [3.8, 4) is 0 Å². The largest absolute Gasteiger partial charge is 0.444 e. The van der Waals surface area contributed by atoms with Crippen molar-refractivity contribution in [3.63, 3.8) is 0 Å². The minimum Gasteiger partial charge on any atom is -0.444 e. The monoisotopic (exact) mass is 459 g/mol. The highest BCUT2D eigenvalue weighted by Gasteiger charge is 2.49. The summed E-state index contributed by atoms with van der Waals surface area (Å²) in [4.78, 5) is 27.5. The summed E-state index contributed by atoms with van der Waals surface area (Å²) in [5.41, 5.74) is -0.544. The average molecular weight is 459 g/mol. The van der Waals surface area contributed by atoms with Gasteiger partial charge in [-0.3, -0.25) is 4.55 Å². The summed E-state index contributed by atoms with van der Waals surface area (Å²) in [7, 11) is -4.80. The van der Waals surface area contributed by atoms with E-state index in [0.29, 0.717) is 43.3 Å². The van der Waals surface area contributed by atoms with Gasteiger partial charge in [-0.1, -0.05) is 0 Å². The van der Waals surface area contributed by atoms with Gasteiger partial charge in [0.2, 0.25) is 11.8 Å². The summed E-state index contributed by atoms with van der Waals surface area (Å²) in [6, 6.07) is -1.67. The molecule has 1 aromatic heterocycles. The van der Waals surface area contributed by atoms with Crippen LogP contribution in [-0.2, 0) is 25.8 Å². The number of amides is 3. The third-order valence-electron chi connectivity index (χ3n) is 5.34. The van der Waals surface area contributed by atoms with E-state index in [9.17, 15) is 18.0 Å². The van der Waals surface area contributed by atoms with Crippen LogP contribution < -0.4 is 0 Å². The number of ether oxygens (including phenoxy) is 1. The fraction of sp³-hybridized carbons (Fsp3) is 0.765. The Morgan fingerprint density at radius 1 is 1.23 bits per heavy atom. The first-order chi connectivity index (χ1) is 14.4. The van der Waals surface area contributed by atoms with E-state index in [1.807, 2.05) is 20.8 Å². The summed E-state index contributed by atoms with van der Waals surface area (Å²) in [6.07, 6.45) is 1.08. The van der Waals surface area contributed by atoms with Gasteiger partial charge in [0, 0.05) is 32.0 Å². The molecule has 0 aliphatic carbocycles. The quantitative estimate of drug-likeness (QED) is 0.634. The summed E-state index contributed by atoms with van der Waals surface area (Å²) in [6.45, 7) is 6.73. The molecule has 0 aromatic carbocycles. The molecule has 2 bridgehead atoms. The zero-order valence-corrected chi connectivity index (χ0v) is 18.2. The fourth-order valence-corrected chi connectivity index (χ4v) is 4.38. The number of urea groups is 1. The minimum atomic E-state index is -4.80. The van der Waals surface area contributed by atoms with E-state index in [1.54, 1.807) is 4.90 Å². The van der Waals surface area contributed by atoms with Crippen LogP contribution in [0.15, 0.2) is 4.42 Å². The Kier molecular flexibility index (Phi) is 5.34. The predicted octanol–water partition coefficient (Wildman–Crippen LogP) is 1.15. The molecule has 3 fully saturated rings. The third kappa shape index (κ3) is 4.75. The fourth-order valence-electron chi connectivity index (χ4n) is 3.99. The van der Waals surface area contributed by atoms with E-state index in [0.717, 1.165) is 0 Å². The first-order valence-corrected chi connectivity index (χ1v) is 11.3. The zero-order chi connectivity index (χ0) is 22.6. The maximum atomic E-state index is 12.5. The van der Waals surface area contributed by atoms with E-state index >= 15 is 0 Å². The Labute approximate surface area is 179 Å². The van der Waals surface area contributed by atoms with Crippen molar-refractivity contribution < 1.29 is 36.0 Å². The summed E-state index contributed by atoms with van der Waals surface area (Å²) >= 11 is 0. The second-order valence-corrected chi connectivity index (χ2v) is 10.0. The van der Waals surface area contributed by atoms with Crippen molar-refractivity contribution in [1.82, 2.24) is 25.1 Å². The molecular weight excluding hydrogens is 434 g/mol. The van der Waals surface area contributed by atoms with Crippen LogP contribution >= 0.6 is 0 Å². The van der Waals surface area contributed by atoms with Crippen LogP contribution in [0.1, 0.15) is 51.4 Å². The van der Waals surface area contributed by atoms with Crippen LogP contribution in [0.25, 0.3) is 0 Å². The van der Waals surface area contributed by atoms with Gasteiger partial charge >= 0.3 is 22.5 Å². The summed E-state index contributed by atoms with van der Waals surface area (Å²) in [5.74, 6) is 0.839. The molecule has 3 aliphatic heterocycles. The maximum Gasteiger partial charge on any atom is 0.418 e. The topological polar surface area (TPSA) is 156 Å². The molecular formula is C17H25N5O8S. The van der Waals surface area contributed by atoms with Gasteiger partial charge in [0.1, 0.15) is 11.6 Å². The zero-order valence-electron chi connectivity index (χ0n) is 17.4. The number of rotatable bonds is 5. The van der Waals surface area contributed by atoms with Crippen molar-refractivity contribution in [2.24, 2.45) is 5.92 Å². The molecule has 0 spiro atoms. The predicted molar refractivity (Wildman–Crippen MR) is 102 cm³/mol. The molecule has 3 saturated heterocycles. The molecule has 2 atom stereocenters. The molecule has 31 heavy (non-hydrogen) atoms. The van der Waals surface area contributed by atoms with Gasteiger partial charge in [0.15, 0.2) is 0 Å². The Balaban J connectivity index is 1.33. The van der Waals surface area contributed by atoms with Gasteiger partial charge in [-0.2, -0.15) is 13.5 Å². The smallest absolute Gasteiger partial charge is 0.418 e. The van der Waals surface area contributed by atoms with Crippen LogP contribution in [0.5, 0.6) is 0 Å². The highest BCUT2D eigenvalue weighted by atomic mass is 32.3. The number of piperidine rings is 1. The van der Waals surface area contributed by atoms with Crippen molar-refractivity contribution >= 4 is 22.5 Å². The van der Waals surface area contributed by atoms with Gasteiger partial charge in [-0.15, -0.1) is 14.5 Å². The van der Waals surface area contributed by atoms with E-state index in [2.05, 4.69) is 14.5 Å². The van der Waals surface area contributed by atoms with Crippen molar-refractivity contribution in [3.05, 3.63) is 11.8 Å². The van der Waals surface area contributed by atoms with E-state index < -0.39 is 34.1 Å². The Hall–Kier alpha value is -2.45. The maximum absolute atomic E-state index is 12.5. The van der Waals surface area contributed by atoms with E-state index in [1.165, 1.54) is 4.90 Å². The number of hydroxylamine groups is 2. The van der Waals surface area contributed by atoms with Crippen molar-refractivity contribution in [2.75, 3.05) is 19.6 Å². The number of aromatic nitrogens is 2. The number of fused-ring (bicyclic) bond motifs is 2. The van der Waals surface area contributed by atoms with E-state index in [-0.39, 0.29) is 24.4 Å². The Morgan fingerprint density at radius 2 is 1.94 bits per heavy atom. The summed E-state index contributed by atoms with van der Waals surface area (Å²) in [5, 5.41) is 8.79. The van der Waals surface area contributed by atoms with Crippen molar-refractivity contribution in [1.29, 1.82) is 0 Å². The number of likely N-dealkylation sites (tertiary alicyclic amines) is 1. The third-order valence-corrected chi connectivity index (χ3v) is 5.69. The first kappa shape index (κ1) is 21.8. The molecule has 3 amide bonds. The van der Waals surface area contributed by atoms with Gasteiger partial charge in [-0.05, 0) is 33.6 Å². The lowest BCUT2D eigenvalue weighted by molar-refractivity contribution is -0.0317. The second kappa shape index (κ2) is 7.60. The molecule has 4 rings (SSSR count). The van der Waals surface area contributed by atoms with Crippen LogP contribution in [0, 0.1) is 5.92 Å². The molecule has 1 aromatic rings. The summed E-state index contributed by atoms with van der Waals surface area (Å²) < 4.78 is 46.4. The molecule has 1 N–H and O–H groups in total. The second-order valence-electron chi connectivity index (χ2n) is 9.00. The SMILES string of the molecule is CC(C)(C)OC(=O)N1CC(Cc2nnc([C@@H]3CCC4CN3C(=O)N4OS(=O)(=O)O)o2)C1. The number of hydrogen-bond acceptors (Lipinski definition) is 9. The Bertz CT molecular complexity index is 967. The van der Waals surface area contributed by atoms with Crippen LogP contribution in [0.3, 0.4) is 0 Å². The van der Waals surface area contributed by atoms with Crippen LogP contribution in [0.4, 0.5) is 9.59 Å². The minimum absolute atomic E-state index is 0.170. The normalized spacial score (nSPS) is 24.5. The number of carbonyl (C=O) groups is 2. The molecule has 1 unspecified atom stereocenters. The van der Waals surface area contributed by atoms with Crippen LogP contribution in [-0.4, -0.2) is 81.4 Å². The lowest BCUT2D eigenvalue weighted by Crippen LogP contribution is -2.52. The molecule has 14 heteroatoms. The lowest BCUT2D eigenvalue weighted by Gasteiger charge is -2.39. The number of hydrogen-bond donors (Lipinski definition) is 1. The van der Waals surface area contributed by atoms with Crippen LogP contribution in [0.2, 0.25) is 0 Å². The van der Waals surface area contributed by atoms with Gasteiger partial charge < -0.3 is 19.0 Å². The average Bonchev–Trinajstić information content (AvgIpc) is 3.15. The highest BCUT2D eigenvalue weighted by molar-refractivity contribution is 7.80. The molecule has 3 aliphatic rings. The first-order valence-electron chi connectivity index (χ1n) is 9.96. The molecule has 13 nitrogen and oxygen atoms in total. The molecule has 172 valence electrons. The lowest BCUT2D eigenvalue weighted by atomic mass is 9.97. The van der Waals surface area contributed by atoms with Gasteiger partial charge in [0.25, 0.3) is 0 Å². The number of nitrogens with zero attached hydrogens (tertiary/aromatic N) is 5. The standard InChI is InChI=1S/C17H25N5O8S/c1-17(2,3)29-16(24)20-7-10(8-20)6-13-18-19-14(28-13)12-5-4-11-9-21(12)15(23)22(11)30-31(25,26)27/h10-12H,4-9H2,1-3H3,(H,25,26,27)/t11?,12-/m0/s1. The van der Waals surface area contributed by atoms with Gasteiger partial charge in [0.05, 0.1) is 6.04 Å². The van der Waals surface area contributed by atoms with E-state index in [4.69, 9.17) is 13.7 Å². The molecule has 0 saturated carbocycles. The number of carbonyl (C=O) groups excluding carboxylic acids is 2. The molecule has 4 heterocycles. The van der Waals surface area contributed by atoms with Crippen molar-refractivity contribution in [2.45, 2.75) is 57.7 Å². The van der Waals surface area contributed by atoms with Gasteiger partial charge in [-0.25, -0.2) is 9.59 Å². The highest BCUT2D eigenvalue weighted by Crippen LogP contribution is 2.38.